The Kier molecular flexibility index (Phi) is 9.63. The van der Waals surface area contributed by atoms with E-state index in [2.05, 4.69) is 4.99 Å². The van der Waals surface area contributed by atoms with E-state index in [0.717, 1.165) is 17.5 Å². The van der Waals surface area contributed by atoms with Gasteiger partial charge in [0.2, 0.25) is 10.0 Å². The predicted octanol–water partition coefficient (Wildman–Crippen LogP) is 3.98. The van der Waals surface area contributed by atoms with Crippen LogP contribution in [0.1, 0.15) is 50.8 Å². The van der Waals surface area contributed by atoms with Gasteiger partial charge in [-0.25, -0.2) is 8.42 Å². The third-order valence-corrected chi connectivity index (χ3v) is 11.4. The highest BCUT2D eigenvalue weighted by atomic mass is 32.2. The van der Waals surface area contributed by atoms with Crippen molar-refractivity contribution in [1.82, 2.24) is 4.31 Å². The van der Waals surface area contributed by atoms with Crippen molar-refractivity contribution in [3.05, 3.63) is 65.7 Å². The Labute approximate surface area is 265 Å². The Balaban J connectivity index is 1.17. The van der Waals surface area contributed by atoms with E-state index >= 15 is 0 Å². The molecule has 2 saturated heterocycles. The number of benzene rings is 2. The van der Waals surface area contributed by atoms with Gasteiger partial charge < -0.3 is 24.1 Å². The minimum absolute atomic E-state index is 0.0113. The third-order valence-electron chi connectivity index (χ3n) is 9.51. The highest BCUT2D eigenvalue weighted by Crippen LogP contribution is 2.49. The van der Waals surface area contributed by atoms with E-state index in [1.165, 1.54) is 4.31 Å². The number of esters is 1. The summed E-state index contributed by atoms with van der Waals surface area (Å²) in [6.45, 7) is 7.28. The smallest absolute Gasteiger partial charge is 0.306 e. The SMILES string of the molecule is CC1=NCC(c2ccc(S(=O)(=O)N(CC(C)C)C[C@@H](O)[C@@H](CC(=O)OC3C4COC5OC[C@H]3CC54)Cc3ccccc3)cc2)O1. The second-order valence-corrected chi connectivity index (χ2v) is 15.2. The summed E-state index contributed by atoms with van der Waals surface area (Å²) in [4.78, 5) is 17.9. The van der Waals surface area contributed by atoms with Gasteiger partial charge in [-0.2, -0.15) is 4.31 Å². The summed E-state index contributed by atoms with van der Waals surface area (Å²) in [5.41, 5.74) is 1.80. The number of sulfonamides is 1. The van der Waals surface area contributed by atoms with Crippen molar-refractivity contribution in [2.75, 3.05) is 32.8 Å². The summed E-state index contributed by atoms with van der Waals surface area (Å²) >= 11 is 0. The number of ether oxygens (including phenoxy) is 4. The fraction of sp³-hybridized carbons (Fsp3) is 0.588. The van der Waals surface area contributed by atoms with Gasteiger partial charge >= 0.3 is 5.97 Å². The largest absolute Gasteiger partial charge is 0.471 e. The number of aliphatic hydroxyl groups is 1. The number of fused-ring (bicyclic) bond motifs is 1. The molecule has 0 aromatic heterocycles. The zero-order chi connectivity index (χ0) is 31.7. The van der Waals surface area contributed by atoms with E-state index in [1.807, 2.05) is 44.2 Å². The lowest BCUT2D eigenvalue weighted by molar-refractivity contribution is -0.178. The van der Waals surface area contributed by atoms with E-state index in [0.29, 0.717) is 32.1 Å². The lowest BCUT2D eigenvalue weighted by Crippen LogP contribution is -2.43. The Morgan fingerprint density at radius 2 is 1.78 bits per heavy atom. The Hall–Kier alpha value is -2.83. The molecule has 244 valence electrons. The van der Waals surface area contributed by atoms with Gasteiger partial charge in [0.15, 0.2) is 12.2 Å². The molecule has 45 heavy (non-hydrogen) atoms. The van der Waals surface area contributed by atoms with E-state index < -0.39 is 28.0 Å². The first kappa shape index (κ1) is 32.1. The van der Waals surface area contributed by atoms with Crippen molar-refractivity contribution in [2.24, 2.45) is 34.6 Å². The second kappa shape index (κ2) is 13.5. The van der Waals surface area contributed by atoms with Crippen LogP contribution in [-0.4, -0.2) is 81.0 Å². The summed E-state index contributed by atoms with van der Waals surface area (Å²) in [6.07, 6.45) is -0.519. The van der Waals surface area contributed by atoms with Gasteiger partial charge in [-0.15, -0.1) is 0 Å². The molecule has 0 radical (unpaired) electrons. The topological polar surface area (TPSA) is 124 Å². The number of rotatable bonds is 13. The molecule has 2 bridgehead atoms. The molecule has 0 amide bonds. The highest BCUT2D eigenvalue weighted by Gasteiger charge is 2.56. The van der Waals surface area contributed by atoms with Crippen LogP contribution in [0, 0.1) is 29.6 Å². The van der Waals surface area contributed by atoms with Gasteiger partial charge in [-0.05, 0) is 42.0 Å². The molecule has 1 aliphatic carbocycles. The number of hydrogen-bond donors (Lipinski definition) is 1. The maximum absolute atomic E-state index is 13.9. The van der Waals surface area contributed by atoms with E-state index in [9.17, 15) is 18.3 Å². The molecular weight excluding hydrogens is 596 g/mol. The predicted molar refractivity (Wildman–Crippen MR) is 167 cm³/mol. The Morgan fingerprint density at radius 1 is 1.04 bits per heavy atom. The minimum Gasteiger partial charge on any atom is -0.471 e. The summed E-state index contributed by atoms with van der Waals surface area (Å²) < 4.78 is 52.6. The molecular formula is C34H44N2O8S. The van der Waals surface area contributed by atoms with Crippen molar-refractivity contribution in [2.45, 2.75) is 69.5 Å². The zero-order valence-corrected chi connectivity index (χ0v) is 27.0. The van der Waals surface area contributed by atoms with E-state index in [-0.39, 0.29) is 66.6 Å². The van der Waals surface area contributed by atoms with Crippen molar-refractivity contribution >= 4 is 21.9 Å². The Morgan fingerprint density at radius 3 is 2.47 bits per heavy atom. The lowest BCUT2D eigenvalue weighted by Gasteiger charge is -2.31. The number of aliphatic hydroxyl groups excluding tert-OH is 1. The van der Waals surface area contributed by atoms with Gasteiger partial charge in [0.1, 0.15) is 12.2 Å². The maximum Gasteiger partial charge on any atom is 0.306 e. The monoisotopic (exact) mass is 640 g/mol. The fourth-order valence-electron chi connectivity index (χ4n) is 7.23. The lowest BCUT2D eigenvalue weighted by atomic mass is 9.90. The van der Waals surface area contributed by atoms with Crippen LogP contribution >= 0.6 is 0 Å². The van der Waals surface area contributed by atoms with Gasteiger partial charge in [0, 0.05) is 43.7 Å². The maximum atomic E-state index is 13.9. The molecule has 1 saturated carbocycles. The normalized spacial score (nSPS) is 28.6. The number of aliphatic imine (C=N–C) groups is 1. The van der Waals surface area contributed by atoms with Crippen LogP contribution in [0.3, 0.4) is 0 Å². The molecule has 2 aromatic rings. The van der Waals surface area contributed by atoms with Crippen LogP contribution < -0.4 is 0 Å². The highest BCUT2D eigenvalue weighted by molar-refractivity contribution is 7.89. The molecule has 3 aliphatic heterocycles. The number of hydrogen-bond acceptors (Lipinski definition) is 9. The molecule has 11 heteroatoms. The fourth-order valence-corrected chi connectivity index (χ4v) is 8.85. The van der Waals surface area contributed by atoms with Crippen molar-refractivity contribution in [3.63, 3.8) is 0 Å². The zero-order valence-electron chi connectivity index (χ0n) is 26.2. The second-order valence-electron chi connectivity index (χ2n) is 13.3. The van der Waals surface area contributed by atoms with E-state index in [4.69, 9.17) is 18.9 Å². The first-order chi connectivity index (χ1) is 21.6. The van der Waals surface area contributed by atoms with E-state index in [1.54, 1.807) is 31.2 Å². The average Bonchev–Trinajstić information content (AvgIpc) is 3.71. The molecule has 2 aromatic carbocycles. The first-order valence-corrected chi connectivity index (χ1v) is 17.4. The molecule has 5 unspecified atom stereocenters. The first-order valence-electron chi connectivity index (χ1n) is 16.0. The molecule has 0 spiro atoms. The van der Waals surface area contributed by atoms with Crippen LogP contribution in [0.15, 0.2) is 64.5 Å². The number of nitrogens with zero attached hydrogens (tertiary/aromatic N) is 2. The molecule has 8 atom stereocenters. The van der Waals surface area contributed by atoms with Gasteiger partial charge in [0.05, 0.1) is 37.2 Å². The van der Waals surface area contributed by atoms with Gasteiger partial charge in [-0.3, -0.25) is 9.79 Å². The molecule has 3 fully saturated rings. The van der Waals surface area contributed by atoms with Crippen LogP contribution in [0.5, 0.6) is 0 Å². The number of carbonyl (C=O) groups excluding carboxylic acids is 1. The summed E-state index contributed by atoms with van der Waals surface area (Å²) in [5, 5.41) is 11.7. The minimum atomic E-state index is -3.95. The van der Waals surface area contributed by atoms with Crippen molar-refractivity contribution < 1.29 is 37.3 Å². The van der Waals surface area contributed by atoms with Gasteiger partial charge in [-0.1, -0.05) is 56.3 Å². The van der Waals surface area contributed by atoms with Gasteiger partial charge in [0.25, 0.3) is 0 Å². The van der Waals surface area contributed by atoms with Crippen LogP contribution in [0.2, 0.25) is 0 Å². The third kappa shape index (κ3) is 7.12. The number of carbonyl (C=O) groups is 1. The molecule has 3 heterocycles. The van der Waals surface area contributed by atoms with Crippen LogP contribution in [0.25, 0.3) is 0 Å². The summed E-state index contributed by atoms with van der Waals surface area (Å²) in [6, 6.07) is 16.3. The quantitative estimate of drug-likeness (QED) is 0.326. The molecule has 6 rings (SSSR count). The Bertz CT molecular complexity index is 1460. The molecule has 4 aliphatic rings. The van der Waals surface area contributed by atoms with Crippen molar-refractivity contribution in [3.8, 4) is 0 Å². The molecule has 1 N–H and O–H groups in total. The average molecular weight is 641 g/mol. The van der Waals surface area contributed by atoms with Crippen LogP contribution in [0.4, 0.5) is 0 Å². The standard InChI is InChI=1S/C34H44N2O8S/c1-21(2)17-36(45(39,40)27-11-9-24(10-12-27)31-16-35-22(3)43-31)18-30(37)25(13-23-7-5-4-6-8-23)15-32(38)44-33-26-14-28-29(33)20-42-34(28)41-19-26/h4-12,21,25-26,28-31,33-34,37H,13-20H2,1-3H3/t25-,26-,28?,29?,30-,31?,33?,34?/m1/s1. The van der Waals surface area contributed by atoms with Crippen molar-refractivity contribution in [1.29, 1.82) is 0 Å². The summed E-state index contributed by atoms with van der Waals surface area (Å²) in [5.74, 6) is 0.202. The molecule has 10 nitrogen and oxygen atoms in total. The summed E-state index contributed by atoms with van der Waals surface area (Å²) in [7, 11) is -3.95. The van der Waals surface area contributed by atoms with Crippen LogP contribution in [-0.2, 0) is 40.2 Å².